The lowest BCUT2D eigenvalue weighted by molar-refractivity contribution is 0.580. The molecule has 84 valence electrons. The van der Waals surface area contributed by atoms with Crippen molar-refractivity contribution in [1.82, 2.24) is 4.98 Å². The van der Waals surface area contributed by atoms with E-state index in [1.807, 2.05) is 24.3 Å². The van der Waals surface area contributed by atoms with Gasteiger partial charge in [-0.2, -0.15) is 4.39 Å². The van der Waals surface area contributed by atoms with Crippen LogP contribution < -0.4 is 5.73 Å². The highest BCUT2D eigenvalue weighted by Gasteiger charge is 2.24. The summed E-state index contributed by atoms with van der Waals surface area (Å²) in [5.74, 6) is 0.00322. The van der Waals surface area contributed by atoms with E-state index in [1.54, 1.807) is 6.07 Å². The first-order valence-corrected chi connectivity index (χ1v) is 5.30. The van der Waals surface area contributed by atoms with Crippen molar-refractivity contribution in [3.8, 4) is 0 Å². The van der Waals surface area contributed by atoms with E-state index in [1.165, 1.54) is 12.3 Å². The number of amidine groups is 1. The van der Waals surface area contributed by atoms with Gasteiger partial charge in [-0.1, -0.05) is 24.3 Å². The number of halogens is 1. The number of nitrogens with zero attached hydrogens (tertiary/aromatic N) is 2. The van der Waals surface area contributed by atoms with E-state index in [4.69, 9.17) is 5.73 Å². The minimum Gasteiger partial charge on any atom is -0.383 e. The molecule has 0 bridgehead atoms. The predicted molar refractivity (Wildman–Crippen MR) is 63.2 cm³/mol. The van der Waals surface area contributed by atoms with Crippen LogP contribution in [0.2, 0.25) is 0 Å². The first-order chi connectivity index (χ1) is 8.25. The fourth-order valence-corrected chi connectivity index (χ4v) is 2.09. The van der Waals surface area contributed by atoms with Crippen LogP contribution in [0.15, 0.2) is 47.6 Å². The van der Waals surface area contributed by atoms with E-state index >= 15 is 0 Å². The fraction of sp³-hybridized carbons (Fsp3) is 0.0769. The molecule has 1 unspecified atom stereocenters. The maximum absolute atomic E-state index is 13.1. The number of benzene rings is 1. The number of rotatable bonds is 1. The number of aliphatic imine (C=N–C) groups is 1. The molecule has 0 spiro atoms. The van der Waals surface area contributed by atoms with Gasteiger partial charge in [-0.3, -0.25) is 4.99 Å². The van der Waals surface area contributed by atoms with Crippen molar-refractivity contribution in [3.05, 3.63) is 65.2 Å². The van der Waals surface area contributed by atoms with Crippen LogP contribution in [0.5, 0.6) is 0 Å². The molecule has 3 rings (SSSR count). The Labute approximate surface area is 97.8 Å². The second kappa shape index (κ2) is 3.66. The lowest BCUT2D eigenvalue weighted by atomic mass is 9.98. The van der Waals surface area contributed by atoms with E-state index in [-0.39, 0.29) is 6.04 Å². The van der Waals surface area contributed by atoms with Crippen LogP contribution in [-0.2, 0) is 0 Å². The summed E-state index contributed by atoms with van der Waals surface area (Å²) < 4.78 is 13.1. The van der Waals surface area contributed by atoms with Gasteiger partial charge < -0.3 is 5.73 Å². The smallest absolute Gasteiger partial charge is 0.213 e. The van der Waals surface area contributed by atoms with Crippen molar-refractivity contribution < 1.29 is 4.39 Å². The minimum atomic E-state index is -0.499. The normalized spacial score (nSPS) is 17.7. The van der Waals surface area contributed by atoms with E-state index in [0.717, 1.165) is 16.7 Å². The molecule has 1 aliphatic rings. The van der Waals surface area contributed by atoms with Crippen LogP contribution in [-0.4, -0.2) is 10.8 Å². The standard InChI is InChI=1S/C13H10FN3/c14-11-7-8(5-6-16-11)12-9-3-1-2-4-10(9)13(15)17-12/h1-7,12H,(H2,15,17). The van der Waals surface area contributed by atoms with Gasteiger partial charge >= 0.3 is 0 Å². The zero-order valence-corrected chi connectivity index (χ0v) is 8.97. The summed E-state index contributed by atoms with van der Waals surface area (Å²) >= 11 is 0. The monoisotopic (exact) mass is 227 g/mol. The molecular weight excluding hydrogens is 217 g/mol. The Balaban J connectivity index is 2.13. The molecule has 2 heterocycles. The fourth-order valence-electron chi connectivity index (χ4n) is 2.09. The molecule has 1 aliphatic heterocycles. The van der Waals surface area contributed by atoms with E-state index in [0.29, 0.717) is 5.84 Å². The molecule has 2 N–H and O–H groups in total. The molecule has 4 heteroatoms. The molecule has 17 heavy (non-hydrogen) atoms. The Morgan fingerprint density at radius 3 is 2.82 bits per heavy atom. The number of hydrogen-bond donors (Lipinski definition) is 1. The van der Waals surface area contributed by atoms with Crippen molar-refractivity contribution in [1.29, 1.82) is 0 Å². The van der Waals surface area contributed by atoms with Crippen molar-refractivity contribution >= 4 is 5.84 Å². The Morgan fingerprint density at radius 1 is 1.18 bits per heavy atom. The Hall–Kier alpha value is -2.23. The summed E-state index contributed by atoms with van der Waals surface area (Å²) in [4.78, 5) is 7.91. The van der Waals surface area contributed by atoms with Crippen molar-refractivity contribution in [2.75, 3.05) is 0 Å². The molecule has 0 saturated heterocycles. The first-order valence-electron chi connectivity index (χ1n) is 5.30. The topological polar surface area (TPSA) is 51.3 Å². The largest absolute Gasteiger partial charge is 0.383 e. The van der Waals surface area contributed by atoms with Gasteiger partial charge in [0.25, 0.3) is 0 Å². The highest BCUT2D eigenvalue weighted by atomic mass is 19.1. The number of aromatic nitrogens is 1. The average molecular weight is 227 g/mol. The highest BCUT2D eigenvalue weighted by Crippen LogP contribution is 2.33. The molecule has 3 nitrogen and oxygen atoms in total. The van der Waals surface area contributed by atoms with Gasteiger partial charge in [0.1, 0.15) is 11.9 Å². The second-order valence-corrected chi connectivity index (χ2v) is 3.92. The van der Waals surface area contributed by atoms with Gasteiger partial charge in [0.15, 0.2) is 0 Å². The van der Waals surface area contributed by atoms with Crippen LogP contribution in [0.4, 0.5) is 4.39 Å². The van der Waals surface area contributed by atoms with Crippen molar-refractivity contribution in [3.63, 3.8) is 0 Å². The van der Waals surface area contributed by atoms with Gasteiger partial charge in [-0.15, -0.1) is 0 Å². The van der Waals surface area contributed by atoms with E-state index in [2.05, 4.69) is 9.98 Å². The van der Waals surface area contributed by atoms with Crippen molar-refractivity contribution in [2.45, 2.75) is 6.04 Å². The van der Waals surface area contributed by atoms with Gasteiger partial charge in [-0.05, 0) is 23.3 Å². The van der Waals surface area contributed by atoms with E-state index in [9.17, 15) is 4.39 Å². The first kappa shape index (κ1) is 9.96. The average Bonchev–Trinajstić information content (AvgIpc) is 2.68. The molecule has 0 fully saturated rings. The quantitative estimate of drug-likeness (QED) is 0.758. The lowest BCUT2D eigenvalue weighted by Crippen LogP contribution is -2.09. The number of nitrogens with two attached hydrogens (primary N) is 1. The molecule has 1 aromatic heterocycles. The molecular formula is C13H10FN3. The highest BCUT2D eigenvalue weighted by molar-refractivity contribution is 6.01. The molecule has 1 atom stereocenters. The van der Waals surface area contributed by atoms with Gasteiger partial charge in [0.05, 0.1) is 0 Å². The maximum Gasteiger partial charge on any atom is 0.213 e. The molecule has 2 aromatic rings. The zero-order chi connectivity index (χ0) is 11.8. The zero-order valence-electron chi connectivity index (χ0n) is 8.97. The summed E-state index contributed by atoms with van der Waals surface area (Å²) in [5, 5.41) is 0. The predicted octanol–water partition coefficient (Wildman–Crippen LogP) is 2.03. The maximum atomic E-state index is 13.1. The third-order valence-electron chi connectivity index (χ3n) is 2.87. The van der Waals surface area contributed by atoms with Gasteiger partial charge in [0, 0.05) is 11.8 Å². The Bertz CT molecular complexity index is 607. The molecule has 0 saturated carbocycles. The van der Waals surface area contributed by atoms with Crippen molar-refractivity contribution in [2.24, 2.45) is 10.7 Å². The van der Waals surface area contributed by atoms with Gasteiger partial charge in [0.2, 0.25) is 5.95 Å². The summed E-state index contributed by atoms with van der Waals surface area (Å²) in [6, 6.07) is 10.7. The Morgan fingerprint density at radius 2 is 2.00 bits per heavy atom. The number of hydrogen-bond acceptors (Lipinski definition) is 3. The molecule has 0 radical (unpaired) electrons. The molecule has 0 amide bonds. The molecule has 0 aliphatic carbocycles. The van der Waals surface area contributed by atoms with E-state index < -0.39 is 5.95 Å². The number of pyridine rings is 1. The van der Waals surface area contributed by atoms with Crippen LogP contribution in [0.1, 0.15) is 22.7 Å². The SMILES string of the molecule is NC1=NC(c2ccnc(F)c2)c2ccccc21. The lowest BCUT2D eigenvalue weighted by Gasteiger charge is -2.09. The van der Waals surface area contributed by atoms with Crippen LogP contribution in [0.3, 0.4) is 0 Å². The number of fused-ring (bicyclic) bond motifs is 1. The summed E-state index contributed by atoms with van der Waals surface area (Å²) in [5.41, 5.74) is 8.56. The third kappa shape index (κ3) is 1.58. The van der Waals surface area contributed by atoms with Crippen LogP contribution >= 0.6 is 0 Å². The third-order valence-corrected chi connectivity index (χ3v) is 2.87. The second-order valence-electron chi connectivity index (χ2n) is 3.92. The summed E-state index contributed by atoms with van der Waals surface area (Å²) in [6.07, 6.45) is 1.44. The van der Waals surface area contributed by atoms with Crippen LogP contribution in [0, 0.1) is 5.95 Å². The minimum absolute atomic E-state index is 0.219. The van der Waals surface area contributed by atoms with Crippen LogP contribution in [0.25, 0.3) is 0 Å². The molecule has 1 aromatic carbocycles. The van der Waals surface area contributed by atoms with Gasteiger partial charge in [-0.25, -0.2) is 4.98 Å². The Kier molecular flexibility index (Phi) is 2.14. The summed E-state index contributed by atoms with van der Waals surface area (Å²) in [7, 11) is 0. The summed E-state index contributed by atoms with van der Waals surface area (Å²) in [6.45, 7) is 0.